The fourth-order valence-electron chi connectivity index (χ4n) is 3.03. The van der Waals surface area contributed by atoms with E-state index in [4.69, 9.17) is 4.74 Å². The molecule has 1 fully saturated rings. The minimum Gasteiger partial charge on any atom is -0.479 e. The monoisotopic (exact) mass is 358 g/mol. The number of nitrogens with zero attached hydrogens (tertiary/aromatic N) is 3. The van der Waals surface area contributed by atoms with Crippen LogP contribution < -0.4 is 5.32 Å². The molecule has 0 spiro atoms. The summed E-state index contributed by atoms with van der Waals surface area (Å²) in [5, 5.41) is 16.7. The van der Waals surface area contributed by atoms with E-state index in [1.807, 2.05) is 30.3 Å². The van der Waals surface area contributed by atoms with Crippen molar-refractivity contribution in [1.82, 2.24) is 20.1 Å². The number of aryl methyl sites for hydroxylation is 2. The molecule has 1 aliphatic carbocycles. The molecule has 1 amide bonds. The van der Waals surface area contributed by atoms with Crippen molar-refractivity contribution in [1.29, 1.82) is 0 Å². The van der Waals surface area contributed by atoms with Gasteiger partial charge in [-0.25, -0.2) is 19.3 Å². The van der Waals surface area contributed by atoms with E-state index in [0.29, 0.717) is 11.6 Å². The van der Waals surface area contributed by atoms with Gasteiger partial charge in [0.25, 0.3) is 0 Å². The van der Waals surface area contributed by atoms with Gasteiger partial charge >= 0.3 is 12.1 Å². The highest BCUT2D eigenvalue weighted by atomic mass is 16.5. The van der Waals surface area contributed by atoms with Crippen LogP contribution in [0.5, 0.6) is 0 Å². The number of aliphatic carboxylic acids is 1. The van der Waals surface area contributed by atoms with Gasteiger partial charge in [-0.15, -0.1) is 0 Å². The summed E-state index contributed by atoms with van der Waals surface area (Å²) in [5.74, 6) is -0.0881. The molecule has 1 aromatic carbocycles. The molecule has 0 aliphatic heterocycles. The lowest BCUT2D eigenvalue weighted by Crippen LogP contribution is -2.59. The van der Waals surface area contributed by atoms with Crippen molar-refractivity contribution in [2.75, 3.05) is 0 Å². The molecule has 2 N–H and O–H groups in total. The predicted molar refractivity (Wildman–Crippen MR) is 92.3 cm³/mol. The summed E-state index contributed by atoms with van der Waals surface area (Å²) in [6.07, 6.45) is 0.716. The zero-order chi connectivity index (χ0) is 18.7. The maximum Gasteiger partial charge on any atom is 0.408 e. The molecule has 1 unspecified atom stereocenters. The molecule has 1 saturated carbocycles. The number of carboxylic acid groups (broad SMARTS) is 1. The van der Waals surface area contributed by atoms with Crippen molar-refractivity contribution in [3.63, 3.8) is 0 Å². The number of hydrogen-bond acceptors (Lipinski definition) is 5. The van der Waals surface area contributed by atoms with Gasteiger partial charge < -0.3 is 15.2 Å². The Morgan fingerprint density at radius 1 is 1.31 bits per heavy atom. The van der Waals surface area contributed by atoms with Crippen LogP contribution in [0.1, 0.15) is 30.1 Å². The molecule has 1 heterocycles. The average Bonchev–Trinajstić information content (AvgIpc) is 3.40. The van der Waals surface area contributed by atoms with Crippen molar-refractivity contribution >= 4 is 12.1 Å². The van der Waals surface area contributed by atoms with E-state index in [-0.39, 0.29) is 19.1 Å². The van der Waals surface area contributed by atoms with Crippen molar-refractivity contribution in [3.05, 3.63) is 47.5 Å². The third kappa shape index (κ3) is 3.84. The molecular formula is C18H22N4O4. The normalized spacial score (nSPS) is 15.9. The number of carbonyl (C=O) groups is 2. The van der Waals surface area contributed by atoms with Gasteiger partial charge in [-0.05, 0) is 38.2 Å². The van der Waals surface area contributed by atoms with Gasteiger partial charge in [-0.2, -0.15) is 5.10 Å². The number of aromatic nitrogens is 3. The fraction of sp³-hybridized carbons (Fsp3) is 0.444. The Morgan fingerprint density at radius 2 is 2.00 bits per heavy atom. The van der Waals surface area contributed by atoms with Crippen molar-refractivity contribution in [2.24, 2.45) is 5.92 Å². The van der Waals surface area contributed by atoms with Gasteiger partial charge in [0, 0.05) is 0 Å². The van der Waals surface area contributed by atoms with Gasteiger partial charge in [0.2, 0.25) is 0 Å². The molecule has 1 aromatic heterocycles. The Bertz CT molecular complexity index is 801. The summed E-state index contributed by atoms with van der Waals surface area (Å²) in [4.78, 5) is 28.6. The lowest BCUT2D eigenvalue weighted by molar-refractivity contribution is -0.146. The van der Waals surface area contributed by atoms with E-state index in [1.165, 1.54) is 4.68 Å². The second-order valence-electron chi connectivity index (χ2n) is 6.60. The first-order valence-corrected chi connectivity index (χ1v) is 8.51. The van der Waals surface area contributed by atoms with Crippen molar-refractivity contribution in [2.45, 2.75) is 45.4 Å². The summed E-state index contributed by atoms with van der Waals surface area (Å²) < 4.78 is 6.75. The number of amides is 1. The number of benzene rings is 1. The van der Waals surface area contributed by atoms with Crippen LogP contribution in [0.2, 0.25) is 0 Å². The molecule has 0 bridgehead atoms. The van der Waals surface area contributed by atoms with Crippen LogP contribution in [0.4, 0.5) is 4.79 Å². The van der Waals surface area contributed by atoms with Gasteiger partial charge in [-0.3, -0.25) is 0 Å². The van der Waals surface area contributed by atoms with E-state index in [2.05, 4.69) is 15.4 Å². The minimum atomic E-state index is -1.46. The molecular weight excluding hydrogens is 336 g/mol. The Balaban J connectivity index is 1.74. The molecule has 138 valence electrons. The van der Waals surface area contributed by atoms with E-state index >= 15 is 0 Å². The summed E-state index contributed by atoms with van der Waals surface area (Å²) >= 11 is 0. The zero-order valence-corrected chi connectivity index (χ0v) is 14.8. The van der Waals surface area contributed by atoms with E-state index in [9.17, 15) is 14.7 Å². The Kier molecular flexibility index (Phi) is 4.92. The fourth-order valence-corrected chi connectivity index (χ4v) is 3.03. The number of nitrogens with one attached hydrogen (secondary N) is 1. The molecule has 26 heavy (non-hydrogen) atoms. The van der Waals surface area contributed by atoms with Gasteiger partial charge in [-0.1, -0.05) is 30.3 Å². The van der Waals surface area contributed by atoms with Gasteiger partial charge in [0.05, 0.1) is 6.54 Å². The van der Waals surface area contributed by atoms with Crippen LogP contribution in [-0.4, -0.2) is 37.5 Å². The number of carboxylic acids is 1. The lowest BCUT2D eigenvalue weighted by atomic mass is 9.93. The molecule has 3 rings (SSSR count). The SMILES string of the molecule is Cc1nc(C)n(CC(NC(=O)OCc2ccccc2)(C(=O)O)C2CC2)n1. The lowest BCUT2D eigenvalue weighted by Gasteiger charge is -2.30. The van der Waals surface area contributed by atoms with Crippen LogP contribution in [0.15, 0.2) is 30.3 Å². The first-order chi connectivity index (χ1) is 12.4. The topological polar surface area (TPSA) is 106 Å². The Hall–Kier alpha value is -2.90. The quantitative estimate of drug-likeness (QED) is 0.785. The van der Waals surface area contributed by atoms with Crippen LogP contribution in [0.3, 0.4) is 0 Å². The largest absolute Gasteiger partial charge is 0.479 e. The number of rotatable bonds is 7. The average molecular weight is 358 g/mol. The van der Waals surface area contributed by atoms with Crippen LogP contribution in [0, 0.1) is 19.8 Å². The molecule has 8 heteroatoms. The number of ether oxygens (including phenoxy) is 1. The second-order valence-corrected chi connectivity index (χ2v) is 6.60. The zero-order valence-electron chi connectivity index (χ0n) is 14.8. The van der Waals surface area contributed by atoms with Gasteiger partial charge in [0.1, 0.15) is 18.3 Å². The molecule has 0 saturated heterocycles. The standard InChI is InChI=1S/C18H22N4O4/c1-12-19-13(2)22(21-12)11-18(16(23)24,15-8-9-15)20-17(25)26-10-14-6-4-3-5-7-14/h3-7,15H,8-11H2,1-2H3,(H,20,25)(H,23,24). The highest BCUT2D eigenvalue weighted by molar-refractivity contribution is 5.85. The Labute approximate surface area is 151 Å². The summed E-state index contributed by atoms with van der Waals surface area (Å²) in [5.41, 5.74) is -0.628. The predicted octanol–water partition coefficient (Wildman–Crippen LogP) is 2.05. The van der Waals surface area contributed by atoms with E-state index < -0.39 is 17.6 Å². The van der Waals surface area contributed by atoms with Crippen LogP contribution in [0.25, 0.3) is 0 Å². The third-order valence-electron chi connectivity index (χ3n) is 4.56. The molecule has 0 radical (unpaired) electrons. The first kappa shape index (κ1) is 17.9. The number of hydrogen-bond donors (Lipinski definition) is 2. The first-order valence-electron chi connectivity index (χ1n) is 8.51. The van der Waals surface area contributed by atoms with Crippen molar-refractivity contribution < 1.29 is 19.4 Å². The molecule has 1 aliphatic rings. The van der Waals surface area contributed by atoms with E-state index in [0.717, 1.165) is 18.4 Å². The molecule has 2 aromatic rings. The van der Waals surface area contributed by atoms with E-state index in [1.54, 1.807) is 13.8 Å². The highest BCUT2D eigenvalue weighted by Crippen LogP contribution is 2.41. The number of carbonyl (C=O) groups excluding carboxylic acids is 1. The van der Waals surface area contributed by atoms with Crippen LogP contribution >= 0.6 is 0 Å². The maximum absolute atomic E-state index is 12.3. The number of alkyl carbamates (subject to hydrolysis) is 1. The van der Waals surface area contributed by atoms with Crippen LogP contribution in [-0.2, 0) is 22.7 Å². The third-order valence-corrected chi connectivity index (χ3v) is 4.56. The molecule has 1 atom stereocenters. The summed E-state index contributed by atoms with van der Waals surface area (Å²) in [6, 6.07) is 9.23. The minimum absolute atomic E-state index is 0.0140. The van der Waals surface area contributed by atoms with Gasteiger partial charge in [0.15, 0.2) is 5.54 Å². The smallest absolute Gasteiger partial charge is 0.408 e. The van der Waals surface area contributed by atoms with Crippen molar-refractivity contribution in [3.8, 4) is 0 Å². The molecule has 8 nitrogen and oxygen atoms in total. The maximum atomic E-state index is 12.3. The highest BCUT2D eigenvalue weighted by Gasteiger charge is 2.53. The second kappa shape index (κ2) is 7.15. The summed E-state index contributed by atoms with van der Waals surface area (Å²) in [6.45, 7) is 3.59. The Morgan fingerprint density at radius 3 is 2.54 bits per heavy atom. The summed E-state index contributed by atoms with van der Waals surface area (Å²) in [7, 11) is 0.